The lowest BCUT2D eigenvalue weighted by molar-refractivity contribution is -0.154. The summed E-state index contributed by atoms with van der Waals surface area (Å²) in [4.78, 5) is 36.1. The molecule has 0 N–H and O–H groups in total. The van der Waals surface area contributed by atoms with Crippen LogP contribution >= 0.6 is 0 Å². The molecule has 0 saturated carbocycles. The number of carbonyl (C=O) groups excluding carboxylic acids is 3. The number of cyclic esters (lactones) is 2. The van der Waals surface area contributed by atoms with E-state index in [1.807, 2.05) is 6.08 Å². The quantitative estimate of drug-likeness (QED) is 0.300. The van der Waals surface area contributed by atoms with Gasteiger partial charge < -0.3 is 9.64 Å². The van der Waals surface area contributed by atoms with E-state index in [9.17, 15) is 14.4 Å². The van der Waals surface area contributed by atoms with Crippen molar-refractivity contribution in [3.05, 3.63) is 12.2 Å². The minimum absolute atomic E-state index is 0.101. The summed E-state index contributed by atoms with van der Waals surface area (Å²) >= 11 is 0. The van der Waals surface area contributed by atoms with E-state index in [-0.39, 0.29) is 11.9 Å². The monoisotopic (exact) mass is 207 g/mol. The van der Waals surface area contributed by atoms with Crippen LogP contribution in [-0.4, -0.2) is 35.8 Å². The topological polar surface area (TPSA) is 63.7 Å². The summed E-state index contributed by atoms with van der Waals surface area (Å²) in [5.74, 6) is -2.74. The van der Waals surface area contributed by atoms with Crippen LogP contribution in [0.1, 0.15) is 0 Å². The van der Waals surface area contributed by atoms with E-state index in [1.165, 1.54) is 4.90 Å². The van der Waals surface area contributed by atoms with Gasteiger partial charge in [0.05, 0.1) is 23.8 Å². The Kier molecular flexibility index (Phi) is 1.43. The number of nitrogens with zero attached hydrogens (tertiary/aromatic N) is 1. The lowest BCUT2D eigenvalue weighted by Crippen LogP contribution is -2.57. The van der Waals surface area contributed by atoms with Gasteiger partial charge in [-0.15, -0.1) is 0 Å². The summed E-state index contributed by atoms with van der Waals surface area (Å²) in [6.07, 6.45) is 3.53. The van der Waals surface area contributed by atoms with E-state index < -0.39 is 29.7 Å². The molecule has 2 saturated heterocycles. The summed E-state index contributed by atoms with van der Waals surface area (Å²) in [6.45, 7) is 0. The third-order valence-electron chi connectivity index (χ3n) is 3.48. The fourth-order valence-electron chi connectivity index (χ4n) is 2.71. The molecule has 3 heterocycles. The molecule has 1 aliphatic carbocycles. The zero-order valence-electron chi connectivity index (χ0n) is 8.04. The Morgan fingerprint density at radius 3 is 2.53 bits per heavy atom. The minimum Gasteiger partial charge on any atom is -0.393 e. The van der Waals surface area contributed by atoms with Crippen molar-refractivity contribution >= 4 is 17.8 Å². The second-order valence-corrected chi connectivity index (χ2v) is 4.14. The van der Waals surface area contributed by atoms with Crippen LogP contribution in [-0.2, 0) is 19.1 Å². The molecular formula is C10H9NO4. The van der Waals surface area contributed by atoms with Gasteiger partial charge in [-0.25, -0.2) is 0 Å². The average molecular weight is 207 g/mol. The number of carbonyl (C=O) groups is 3. The molecule has 78 valence electrons. The van der Waals surface area contributed by atoms with Crippen molar-refractivity contribution in [2.24, 2.45) is 17.8 Å². The first-order valence-corrected chi connectivity index (χ1v) is 4.82. The van der Waals surface area contributed by atoms with Crippen molar-refractivity contribution in [1.82, 2.24) is 4.90 Å². The summed E-state index contributed by atoms with van der Waals surface area (Å²) in [5.41, 5.74) is 0. The first-order valence-electron chi connectivity index (χ1n) is 4.82. The maximum Gasteiger partial charge on any atom is 0.319 e. The molecule has 2 bridgehead atoms. The molecule has 0 aromatic carbocycles. The number of esters is 2. The van der Waals surface area contributed by atoms with Gasteiger partial charge in [-0.3, -0.25) is 14.4 Å². The zero-order valence-corrected chi connectivity index (χ0v) is 8.04. The second kappa shape index (κ2) is 2.48. The van der Waals surface area contributed by atoms with Gasteiger partial charge in [0, 0.05) is 7.05 Å². The Labute approximate surface area is 85.7 Å². The van der Waals surface area contributed by atoms with E-state index >= 15 is 0 Å². The van der Waals surface area contributed by atoms with E-state index in [1.54, 1.807) is 13.1 Å². The molecule has 3 aliphatic heterocycles. The lowest BCUT2D eigenvalue weighted by Gasteiger charge is -2.43. The molecule has 0 aromatic heterocycles. The molecule has 4 aliphatic rings. The molecule has 0 spiro atoms. The van der Waals surface area contributed by atoms with Crippen LogP contribution in [0.4, 0.5) is 0 Å². The Hall–Kier alpha value is -1.65. The molecular weight excluding hydrogens is 198 g/mol. The van der Waals surface area contributed by atoms with Crippen molar-refractivity contribution in [2.45, 2.75) is 6.04 Å². The third kappa shape index (κ3) is 0.854. The molecule has 1 amide bonds. The van der Waals surface area contributed by atoms with Crippen LogP contribution in [0.15, 0.2) is 12.2 Å². The van der Waals surface area contributed by atoms with Crippen LogP contribution in [0, 0.1) is 17.8 Å². The number of hydrogen-bond acceptors (Lipinski definition) is 4. The number of rotatable bonds is 0. The highest BCUT2D eigenvalue weighted by atomic mass is 16.6. The van der Waals surface area contributed by atoms with E-state index in [4.69, 9.17) is 0 Å². The summed E-state index contributed by atoms with van der Waals surface area (Å²) < 4.78 is 4.59. The molecule has 0 unspecified atom stereocenters. The van der Waals surface area contributed by atoms with Crippen molar-refractivity contribution in [3.8, 4) is 0 Å². The van der Waals surface area contributed by atoms with Gasteiger partial charge in [-0.1, -0.05) is 12.2 Å². The number of amides is 1. The van der Waals surface area contributed by atoms with Gasteiger partial charge in [0.25, 0.3) is 0 Å². The number of ether oxygens (including phenoxy) is 1. The first kappa shape index (κ1) is 8.64. The Morgan fingerprint density at radius 1 is 1.13 bits per heavy atom. The highest BCUT2D eigenvalue weighted by molar-refractivity contribution is 6.02. The van der Waals surface area contributed by atoms with Crippen molar-refractivity contribution < 1.29 is 19.1 Å². The zero-order chi connectivity index (χ0) is 10.7. The summed E-state index contributed by atoms with van der Waals surface area (Å²) in [6, 6.07) is -0.313. The maximum atomic E-state index is 11.7. The average Bonchev–Trinajstić information content (AvgIpc) is 2.51. The van der Waals surface area contributed by atoms with Gasteiger partial charge in [0.2, 0.25) is 5.91 Å². The molecule has 5 nitrogen and oxygen atoms in total. The van der Waals surface area contributed by atoms with Crippen molar-refractivity contribution in [1.29, 1.82) is 0 Å². The largest absolute Gasteiger partial charge is 0.393 e. The Morgan fingerprint density at radius 2 is 1.80 bits per heavy atom. The van der Waals surface area contributed by atoms with Gasteiger partial charge in [-0.05, 0) is 0 Å². The molecule has 4 atom stereocenters. The molecule has 4 rings (SSSR count). The number of piperidine rings is 1. The molecule has 15 heavy (non-hydrogen) atoms. The SMILES string of the molecule is CN1C(=O)[C@H]2C=C[C@@H]1[C@@H]1C(=O)OC(=O)[C@@H]12. The van der Waals surface area contributed by atoms with Crippen LogP contribution in [0.25, 0.3) is 0 Å². The van der Waals surface area contributed by atoms with E-state index in [0.29, 0.717) is 0 Å². The number of hydrogen-bond donors (Lipinski definition) is 0. The van der Waals surface area contributed by atoms with Crippen LogP contribution < -0.4 is 0 Å². The summed E-state index contributed by atoms with van der Waals surface area (Å²) in [7, 11) is 1.65. The van der Waals surface area contributed by atoms with Gasteiger partial charge in [-0.2, -0.15) is 0 Å². The van der Waals surface area contributed by atoms with E-state index in [2.05, 4.69) is 4.74 Å². The minimum atomic E-state index is -0.587. The summed E-state index contributed by atoms with van der Waals surface area (Å²) in [5, 5.41) is 0. The molecule has 0 aromatic rings. The van der Waals surface area contributed by atoms with Crippen LogP contribution in [0.5, 0.6) is 0 Å². The van der Waals surface area contributed by atoms with Crippen LogP contribution in [0.2, 0.25) is 0 Å². The van der Waals surface area contributed by atoms with Gasteiger partial charge in [0.15, 0.2) is 0 Å². The lowest BCUT2D eigenvalue weighted by atomic mass is 9.70. The molecule has 0 radical (unpaired) electrons. The fraction of sp³-hybridized carbons (Fsp3) is 0.500. The second-order valence-electron chi connectivity index (χ2n) is 4.14. The highest BCUT2D eigenvalue weighted by Crippen LogP contribution is 2.43. The predicted molar refractivity (Wildman–Crippen MR) is 47.3 cm³/mol. The Bertz CT molecular complexity index is 414. The third-order valence-corrected chi connectivity index (χ3v) is 3.48. The number of fused-ring (bicyclic) bond motifs is 1. The number of likely N-dealkylation sites (N-methyl/N-ethyl adjacent to an activating group) is 1. The maximum absolute atomic E-state index is 11.7. The fourth-order valence-corrected chi connectivity index (χ4v) is 2.71. The Balaban J connectivity index is 2.12. The van der Waals surface area contributed by atoms with Gasteiger partial charge in [0.1, 0.15) is 0 Å². The normalized spacial score (nSPS) is 42.2. The van der Waals surface area contributed by atoms with Crippen LogP contribution in [0.3, 0.4) is 0 Å². The standard InChI is InChI=1S/C10H9NO4/c1-11-5-3-2-4(8(11)12)6-7(5)10(14)15-9(6)13/h2-7H,1H3/t4-,5+,6+,7-/m0/s1. The highest BCUT2D eigenvalue weighted by Gasteiger charge is 2.60. The van der Waals surface area contributed by atoms with Crippen molar-refractivity contribution in [2.75, 3.05) is 7.05 Å². The molecule has 5 heteroatoms. The van der Waals surface area contributed by atoms with Crippen molar-refractivity contribution in [3.63, 3.8) is 0 Å². The molecule has 2 fully saturated rings. The first-order chi connectivity index (χ1) is 7.11. The van der Waals surface area contributed by atoms with Gasteiger partial charge >= 0.3 is 11.9 Å². The predicted octanol–water partition coefficient (Wildman–Crippen LogP) is -0.671. The van der Waals surface area contributed by atoms with E-state index in [0.717, 1.165) is 0 Å². The smallest absolute Gasteiger partial charge is 0.319 e.